The fraction of sp³-hybridized carbons (Fsp3) is 1.00. The number of halogens is 5. The van der Waals surface area contributed by atoms with Gasteiger partial charge in [0.15, 0.2) is 0 Å². The van der Waals surface area contributed by atoms with Crippen molar-refractivity contribution >= 4 is 85.0 Å². The summed E-state index contributed by atoms with van der Waals surface area (Å²) in [6, 6.07) is 0. The third-order valence-electron chi connectivity index (χ3n) is 0.700. The van der Waals surface area contributed by atoms with E-state index >= 15 is 0 Å². The first-order valence-electron chi connectivity index (χ1n) is 2.29. The van der Waals surface area contributed by atoms with Crippen LogP contribution in [0.25, 0.3) is 0 Å². The van der Waals surface area contributed by atoms with Crippen LogP contribution >= 0.6 is 75.4 Å². The maximum Gasteiger partial charge on any atom is 0.0950 e. The Balaban J connectivity index is 3.60. The molecule has 1 unspecified atom stereocenters. The third-order valence-corrected chi connectivity index (χ3v) is 11.2. The maximum absolute atomic E-state index is 5.62. The lowest BCUT2D eigenvalue weighted by molar-refractivity contribution is 1.41. The molecule has 7 heteroatoms. The molecule has 0 rings (SSSR count). The quantitative estimate of drug-likeness (QED) is 0.369. The minimum absolute atomic E-state index is 0.234. The van der Waals surface area contributed by atoms with Gasteiger partial charge < -0.3 is 0 Å². The smallest absolute Gasteiger partial charge is 0.0950 e. The number of hydrogen-bond donors (Lipinski definition) is 0. The Morgan fingerprint density at radius 3 is 2.00 bits per heavy atom. The van der Waals surface area contributed by atoms with Gasteiger partial charge in [0.05, 0.1) is 14.0 Å². The molecule has 0 amide bonds. The van der Waals surface area contributed by atoms with Crippen LogP contribution in [0.2, 0.25) is 0 Å². The second kappa shape index (κ2) is 7.11. The summed E-state index contributed by atoms with van der Waals surface area (Å²) in [6.45, 7) is 0. The summed E-state index contributed by atoms with van der Waals surface area (Å²) in [5.41, 5.74) is 0. The van der Waals surface area contributed by atoms with Crippen molar-refractivity contribution in [1.82, 2.24) is 0 Å². The molecule has 0 aliphatic rings. The summed E-state index contributed by atoms with van der Waals surface area (Å²) in [5, 5.41) is 1.18. The standard InChI is InChI=1S/C3H4Br3Cl2PSi/c4-1-2(9(5)6)10-3(7)8/h2-3H,1H2. The molecule has 0 aliphatic heterocycles. The summed E-state index contributed by atoms with van der Waals surface area (Å²) in [6.07, 6.45) is 0. The summed E-state index contributed by atoms with van der Waals surface area (Å²) >= 11 is 21.6. The van der Waals surface area contributed by atoms with Crippen molar-refractivity contribution in [3.8, 4) is 0 Å². The molecule has 60 valence electrons. The summed E-state index contributed by atoms with van der Waals surface area (Å²) in [4.78, 5) is 0. The molecular weight excluding hydrogens is 406 g/mol. The van der Waals surface area contributed by atoms with Crippen molar-refractivity contribution in [3.63, 3.8) is 0 Å². The zero-order chi connectivity index (χ0) is 8.15. The highest BCUT2D eigenvalue weighted by Gasteiger charge is 2.18. The van der Waals surface area contributed by atoms with Crippen molar-refractivity contribution in [2.45, 2.75) is 9.74 Å². The normalized spacial score (nSPS) is 14.7. The van der Waals surface area contributed by atoms with Gasteiger partial charge in [-0.15, -0.1) is 23.2 Å². The topological polar surface area (TPSA) is 0 Å². The van der Waals surface area contributed by atoms with Gasteiger partial charge in [0, 0.05) is 15.9 Å². The SMILES string of the molecule is ClC(Cl)[Si]C(CBr)P(Br)Br. The molecule has 0 fully saturated rings. The van der Waals surface area contributed by atoms with Gasteiger partial charge in [-0.2, -0.15) is 0 Å². The average molecular weight is 410 g/mol. The lowest BCUT2D eigenvalue weighted by Crippen LogP contribution is -2.19. The highest BCUT2D eigenvalue weighted by Crippen LogP contribution is 2.56. The van der Waals surface area contributed by atoms with E-state index in [1.54, 1.807) is 0 Å². The van der Waals surface area contributed by atoms with E-state index < -0.39 is 0 Å². The lowest BCUT2D eigenvalue weighted by atomic mass is 10.9. The van der Waals surface area contributed by atoms with Crippen molar-refractivity contribution in [2.75, 3.05) is 5.33 Å². The average Bonchev–Trinajstić information content (AvgIpc) is 1.81. The molecule has 0 bridgehead atoms. The molecule has 0 nitrogen and oxygen atoms in total. The van der Waals surface area contributed by atoms with Gasteiger partial charge in [-0.05, 0) is 31.0 Å². The van der Waals surface area contributed by atoms with E-state index in [4.69, 9.17) is 23.2 Å². The Hall–Kier alpha value is 2.67. The van der Waals surface area contributed by atoms with Crippen LogP contribution in [0.15, 0.2) is 0 Å². The Morgan fingerprint density at radius 2 is 1.90 bits per heavy atom. The van der Waals surface area contributed by atoms with Crippen molar-refractivity contribution in [2.24, 2.45) is 0 Å². The van der Waals surface area contributed by atoms with Crippen molar-refractivity contribution in [3.05, 3.63) is 0 Å². The van der Waals surface area contributed by atoms with E-state index in [0.29, 0.717) is 14.8 Å². The fourth-order valence-corrected chi connectivity index (χ4v) is 9.88. The molecule has 0 aromatic carbocycles. The highest BCUT2D eigenvalue weighted by atomic mass is 79.9. The fourth-order valence-electron chi connectivity index (χ4n) is 0.298. The Morgan fingerprint density at radius 1 is 1.40 bits per heavy atom. The summed E-state index contributed by atoms with van der Waals surface area (Å²) < 4.78 is -0.234. The predicted octanol–water partition coefficient (Wildman–Crippen LogP) is 4.27. The second-order valence-electron chi connectivity index (χ2n) is 1.40. The molecule has 0 saturated carbocycles. The molecule has 0 spiro atoms. The molecule has 1 atom stereocenters. The van der Waals surface area contributed by atoms with Gasteiger partial charge in [0.25, 0.3) is 0 Å². The first-order chi connectivity index (χ1) is 4.57. The van der Waals surface area contributed by atoms with Crippen molar-refractivity contribution < 1.29 is 0 Å². The van der Waals surface area contributed by atoms with E-state index in [0.717, 1.165) is 5.33 Å². The van der Waals surface area contributed by atoms with Gasteiger partial charge in [0.1, 0.15) is 0 Å². The van der Waals surface area contributed by atoms with Crippen molar-refractivity contribution in [1.29, 1.82) is 0 Å². The second-order valence-corrected chi connectivity index (χ2v) is 14.5. The van der Waals surface area contributed by atoms with Crippen LogP contribution in [0.5, 0.6) is 0 Å². The molecule has 0 aliphatic carbocycles. The Kier molecular flexibility index (Phi) is 9.00. The monoisotopic (exact) mass is 406 g/mol. The molecule has 0 heterocycles. The molecule has 0 N–H and O–H groups in total. The number of alkyl halides is 3. The minimum Gasteiger partial charge on any atom is -0.110 e. The molecule has 0 aromatic heterocycles. The summed E-state index contributed by atoms with van der Waals surface area (Å²) in [7, 11) is 0.579. The van der Waals surface area contributed by atoms with Gasteiger partial charge in [-0.3, -0.25) is 0 Å². The maximum atomic E-state index is 5.62. The minimum atomic E-state index is -0.275. The van der Waals surface area contributed by atoms with E-state index in [1.807, 2.05) is 0 Å². The van der Waals surface area contributed by atoms with Gasteiger partial charge in [-0.1, -0.05) is 15.9 Å². The first-order valence-corrected chi connectivity index (χ1v) is 10.9. The molecule has 10 heavy (non-hydrogen) atoms. The van der Waals surface area contributed by atoms with E-state index in [-0.39, 0.29) is 9.79 Å². The van der Waals surface area contributed by atoms with Crippen LogP contribution in [0.4, 0.5) is 0 Å². The van der Waals surface area contributed by atoms with E-state index in [2.05, 4.69) is 46.9 Å². The first kappa shape index (κ1) is 12.7. The molecule has 0 saturated heterocycles. The van der Waals surface area contributed by atoms with E-state index in [9.17, 15) is 0 Å². The van der Waals surface area contributed by atoms with Gasteiger partial charge in [0.2, 0.25) is 0 Å². The van der Waals surface area contributed by atoms with Gasteiger partial charge >= 0.3 is 0 Å². The van der Waals surface area contributed by atoms with Crippen LogP contribution < -0.4 is 0 Å². The third kappa shape index (κ3) is 6.21. The van der Waals surface area contributed by atoms with Crippen LogP contribution in [0.3, 0.4) is 0 Å². The van der Waals surface area contributed by atoms with Crippen LogP contribution in [0, 0.1) is 0 Å². The zero-order valence-corrected chi connectivity index (χ0v) is 12.9. The van der Waals surface area contributed by atoms with Crippen LogP contribution in [0.1, 0.15) is 0 Å². The number of hydrogen-bond acceptors (Lipinski definition) is 0. The summed E-state index contributed by atoms with van der Waals surface area (Å²) in [5.74, 6) is 0. The molecule has 2 radical (unpaired) electrons. The van der Waals surface area contributed by atoms with Crippen LogP contribution in [-0.4, -0.2) is 24.6 Å². The largest absolute Gasteiger partial charge is 0.110 e. The van der Waals surface area contributed by atoms with Crippen LogP contribution in [-0.2, 0) is 0 Å². The molecular formula is C3H4Br3Cl2PSi. The highest BCUT2D eigenvalue weighted by molar-refractivity contribution is 9.69. The predicted molar refractivity (Wildman–Crippen MR) is 63.6 cm³/mol. The zero-order valence-electron chi connectivity index (χ0n) is 4.70. The Labute approximate surface area is 99.0 Å². The van der Waals surface area contributed by atoms with E-state index in [1.165, 1.54) is 0 Å². The Bertz CT molecular complexity index is 93.8. The van der Waals surface area contributed by atoms with Gasteiger partial charge in [-0.25, -0.2) is 0 Å². The number of rotatable bonds is 4. The molecule has 0 aromatic rings. The lowest BCUT2D eigenvalue weighted by Gasteiger charge is -2.13.